The molecule has 1 aromatic heterocycles. The first-order chi connectivity index (χ1) is 10.5. The van der Waals surface area contributed by atoms with Gasteiger partial charge in [0.05, 0.1) is 0 Å². The first-order valence-corrected chi connectivity index (χ1v) is 8.36. The highest BCUT2D eigenvalue weighted by Gasteiger charge is 2.38. The Morgan fingerprint density at radius 3 is 2.73 bits per heavy atom. The van der Waals surface area contributed by atoms with Crippen LogP contribution in [0.3, 0.4) is 0 Å². The first kappa shape index (κ1) is 15.7. The van der Waals surface area contributed by atoms with Crippen molar-refractivity contribution in [3.05, 3.63) is 15.8 Å². The average Bonchev–Trinajstić information content (AvgIpc) is 3.06. The topological polar surface area (TPSA) is 41.6 Å². The highest BCUT2D eigenvalue weighted by atomic mass is 32.1. The highest BCUT2D eigenvalue weighted by Crippen LogP contribution is 2.38. The molecule has 0 unspecified atom stereocenters. The van der Waals surface area contributed by atoms with Crippen LogP contribution in [0.2, 0.25) is 0 Å². The molecule has 1 amide bonds. The van der Waals surface area contributed by atoms with E-state index in [-0.39, 0.29) is 11.7 Å². The third-order valence-electron chi connectivity index (χ3n) is 4.67. The summed E-state index contributed by atoms with van der Waals surface area (Å²) in [6, 6.07) is 1.51. The molecular formula is C15H20F2N2O2S. The minimum Gasteiger partial charge on any atom is -0.433 e. The molecule has 122 valence electrons. The van der Waals surface area contributed by atoms with Gasteiger partial charge in [0.25, 0.3) is 5.91 Å². The number of aryl methyl sites for hydroxylation is 1. The molecule has 0 aromatic carbocycles. The molecule has 2 aliphatic heterocycles. The zero-order valence-electron chi connectivity index (χ0n) is 12.5. The van der Waals surface area contributed by atoms with Crippen LogP contribution in [0.5, 0.6) is 5.75 Å². The normalized spacial score (nSPS) is 20.8. The summed E-state index contributed by atoms with van der Waals surface area (Å²) in [6.45, 7) is 2.32. The van der Waals surface area contributed by atoms with Crippen molar-refractivity contribution in [1.82, 2.24) is 10.2 Å². The van der Waals surface area contributed by atoms with Gasteiger partial charge in [-0.05, 0) is 44.2 Å². The van der Waals surface area contributed by atoms with Crippen molar-refractivity contribution in [3.8, 4) is 5.75 Å². The Labute approximate surface area is 132 Å². The number of rotatable bonds is 3. The summed E-state index contributed by atoms with van der Waals surface area (Å²) in [4.78, 5) is 15.5. The second-order valence-electron chi connectivity index (χ2n) is 6.15. The first-order valence-electron chi connectivity index (χ1n) is 7.54. The van der Waals surface area contributed by atoms with Crippen LogP contribution in [-0.4, -0.2) is 43.6 Å². The Morgan fingerprint density at radius 1 is 1.41 bits per heavy atom. The summed E-state index contributed by atoms with van der Waals surface area (Å²) >= 11 is 1.22. The third kappa shape index (κ3) is 3.10. The lowest BCUT2D eigenvalue weighted by molar-refractivity contribution is -0.0499. The van der Waals surface area contributed by atoms with Crippen molar-refractivity contribution in [2.75, 3.05) is 26.2 Å². The van der Waals surface area contributed by atoms with Gasteiger partial charge in [-0.2, -0.15) is 8.78 Å². The van der Waals surface area contributed by atoms with Crippen molar-refractivity contribution < 1.29 is 18.3 Å². The SMILES string of the molecule is Cc1cc(OC(F)F)c(C(=O)N2CCC3(CCNC3)CC2)s1. The summed E-state index contributed by atoms with van der Waals surface area (Å²) in [5, 5.41) is 3.39. The molecule has 3 rings (SSSR count). The number of nitrogens with one attached hydrogen (secondary N) is 1. The minimum absolute atomic E-state index is 0.00493. The van der Waals surface area contributed by atoms with Crippen LogP contribution in [0.25, 0.3) is 0 Å². The van der Waals surface area contributed by atoms with E-state index < -0.39 is 6.61 Å². The number of piperidine rings is 1. The van der Waals surface area contributed by atoms with E-state index in [9.17, 15) is 13.6 Å². The van der Waals surface area contributed by atoms with Crippen LogP contribution < -0.4 is 10.1 Å². The lowest BCUT2D eigenvalue weighted by Crippen LogP contribution is -2.43. The Morgan fingerprint density at radius 2 is 2.14 bits per heavy atom. The summed E-state index contributed by atoms with van der Waals surface area (Å²) in [5.74, 6) is -0.181. The molecule has 4 nitrogen and oxygen atoms in total. The maximum Gasteiger partial charge on any atom is 0.387 e. The quantitative estimate of drug-likeness (QED) is 0.926. The number of ether oxygens (including phenoxy) is 1. The number of hydrogen-bond acceptors (Lipinski definition) is 4. The van der Waals surface area contributed by atoms with Gasteiger partial charge in [-0.1, -0.05) is 0 Å². The van der Waals surface area contributed by atoms with E-state index in [2.05, 4.69) is 10.1 Å². The monoisotopic (exact) mass is 330 g/mol. The van der Waals surface area contributed by atoms with Gasteiger partial charge in [-0.25, -0.2) is 0 Å². The van der Waals surface area contributed by atoms with Gasteiger partial charge < -0.3 is 15.0 Å². The van der Waals surface area contributed by atoms with Crippen LogP contribution in [-0.2, 0) is 0 Å². The Hall–Kier alpha value is -1.21. The third-order valence-corrected chi connectivity index (χ3v) is 5.69. The number of nitrogens with zero attached hydrogens (tertiary/aromatic N) is 1. The number of amides is 1. The van der Waals surface area contributed by atoms with E-state index in [4.69, 9.17) is 0 Å². The lowest BCUT2D eigenvalue weighted by Gasteiger charge is -2.38. The lowest BCUT2D eigenvalue weighted by atomic mass is 9.78. The molecule has 2 aliphatic rings. The molecule has 0 atom stereocenters. The van der Waals surface area contributed by atoms with Crippen LogP contribution >= 0.6 is 11.3 Å². The molecule has 1 aromatic rings. The Kier molecular flexibility index (Phi) is 4.36. The number of hydrogen-bond donors (Lipinski definition) is 1. The summed E-state index contributed by atoms with van der Waals surface area (Å²) in [6.07, 6.45) is 3.11. The molecule has 7 heteroatoms. The van der Waals surface area contributed by atoms with E-state index in [0.29, 0.717) is 23.4 Å². The van der Waals surface area contributed by atoms with Crippen molar-refractivity contribution in [2.24, 2.45) is 5.41 Å². The standard InChI is InChI=1S/C15H20F2N2O2S/c1-10-8-11(21-14(16)17)12(22-10)13(20)19-6-3-15(4-7-19)2-5-18-9-15/h8,14,18H,2-7,9H2,1H3. The maximum absolute atomic E-state index is 12.6. The number of halogens is 2. The summed E-state index contributed by atoms with van der Waals surface area (Å²) in [7, 11) is 0. The largest absolute Gasteiger partial charge is 0.433 e. The van der Waals surface area contributed by atoms with Crippen LogP contribution in [0, 0.1) is 12.3 Å². The molecule has 0 aliphatic carbocycles. The van der Waals surface area contributed by atoms with Crippen LogP contribution in [0.15, 0.2) is 6.07 Å². The molecule has 0 radical (unpaired) electrons. The van der Waals surface area contributed by atoms with Crippen molar-refractivity contribution in [3.63, 3.8) is 0 Å². The van der Waals surface area contributed by atoms with Gasteiger partial charge in [-0.15, -0.1) is 11.3 Å². The minimum atomic E-state index is -2.91. The predicted molar refractivity (Wildman–Crippen MR) is 80.7 cm³/mol. The predicted octanol–water partition coefficient (Wildman–Crippen LogP) is 2.87. The van der Waals surface area contributed by atoms with Gasteiger partial charge in [0.15, 0.2) is 0 Å². The Balaban J connectivity index is 1.69. The maximum atomic E-state index is 12.6. The van der Waals surface area contributed by atoms with Crippen molar-refractivity contribution in [2.45, 2.75) is 32.8 Å². The van der Waals surface area contributed by atoms with Gasteiger partial charge in [-0.3, -0.25) is 4.79 Å². The van der Waals surface area contributed by atoms with Gasteiger partial charge >= 0.3 is 6.61 Å². The molecule has 0 saturated carbocycles. The molecule has 2 fully saturated rings. The van der Waals surface area contributed by atoms with Gasteiger partial charge in [0.2, 0.25) is 0 Å². The molecule has 0 bridgehead atoms. The highest BCUT2D eigenvalue weighted by molar-refractivity contribution is 7.14. The fraction of sp³-hybridized carbons (Fsp3) is 0.667. The van der Waals surface area contributed by atoms with E-state index in [0.717, 1.165) is 37.2 Å². The van der Waals surface area contributed by atoms with E-state index >= 15 is 0 Å². The molecular weight excluding hydrogens is 310 g/mol. The number of alkyl halides is 2. The van der Waals surface area contributed by atoms with Crippen molar-refractivity contribution in [1.29, 1.82) is 0 Å². The van der Waals surface area contributed by atoms with Gasteiger partial charge in [0, 0.05) is 24.5 Å². The number of carbonyl (C=O) groups excluding carboxylic acids is 1. The molecule has 3 heterocycles. The molecule has 1 spiro atoms. The fourth-order valence-electron chi connectivity index (χ4n) is 3.37. The second-order valence-corrected chi connectivity index (χ2v) is 7.40. The fourth-order valence-corrected chi connectivity index (χ4v) is 4.29. The van der Waals surface area contributed by atoms with Crippen LogP contribution in [0.1, 0.15) is 33.8 Å². The van der Waals surface area contributed by atoms with E-state index in [1.807, 2.05) is 0 Å². The summed E-state index contributed by atoms with van der Waals surface area (Å²) in [5.41, 5.74) is 0.324. The average molecular weight is 330 g/mol. The van der Waals surface area contributed by atoms with E-state index in [1.165, 1.54) is 17.4 Å². The van der Waals surface area contributed by atoms with Crippen molar-refractivity contribution >= 4 is 17.2 Å². The number of carbonyl (C=O) groups is 1. The number of thiophene rings is 1. The Bertz CT molecular complexity index is 546. The number of likely N-dealkylation sites (tertiary alicyclic amines) is 1. The molecule has 1 N–H and O–H groups in total. The molecule has 2 saturated heterocycles. The van der Waals surface area contributed by atoms with Gasteiger partial charge in [0.1, 0.15) is 10.6 Å². The smallest absolute Gasteiger partial charge is 0.387 e. The molecule has 22 heavy (non-hydrogen) atoms. The zero-order valence-corrected chi connectivity index (χ0v) is 13.3. The van der Waals surface area contributed by atoms with E-state index in [1.54, 1.807) is 11.8 Å². The second kappa shape index (κ2) is 6.12. The van der Waals surface area contributed by atoms with Crippen LogP contribution in [0.4, 0.5) is 8.78 Å². The zero-order chi connectivity index (χ0) is 15.7. The summed E-state index contributed by atoms with van der Waals surface area (Å²) < 4.78 is 29.4.